The summed E-state index contributed by atoms with van der Waals surface area (Å²) < 4.78 is 5.77. The lowest BCUT2D eigenvalue weighted by molar-refractivity contribution is 0.304. The molecule has 0 aromatic heterocycles. The molecule has 0 atom stereocenters. The van der Waals surface area contributed by atoms with Crippen molar-refractivity contribution in [3.63, 3.8) is 0 Å². The Morgan fingerprint density at radius 2 is 1.78 bits per heavy atom. The van der Waals surface area contributed by atoms with Crippen LogP contribution in [0.1, 0.15) is 16.7 Å². The van der Waals surface area contributed by atoms with Crippen molar-refractivity contribution >= 4 is 23.2 Å². The van der Waals surface area contributed by atoms with Gasteiger partial charge in [-0.2, -0.15) is 0 Å². The average Bonchev–Trinajstić information content (AvgIpc) is 2.39. The van der Waals surface area contributed by atoms with Crippen molar-refractivity contribution in [3.05, 3.63) is 64.2 Å². The third kappa shape index (κ3) is 3.18. The molecule has 0 heterocycles. The number of halogens is 2. The van der Waals surface area contributed by atoms with Gasteiger partial charge in [0.1, 0.15) is 12.4 Å². The highest BCUT2D eigenvalue weighted by Crippen LogP contribution is 2.30. The third-order valence-corrected chi connectivity index (χ3v) is 3.28. The molecule has 0 radical (unpaired) electrons. The van der Waals surface area contributed by atoms with Crippen LogP contribution in [0.3, 0.4) is 0 Å². The van der Waals surface area contributed by atoms with Crippen LogP contribution in [0.2, 0.25) is 5.02 Å². The molecule has 3 heteroatoms. The summed E-state index contributed by atoms with van der Waals surface area (Å²) in [7, 11) is 0. The number of rotatable bonds is 4. The summed E-state index contributed by atoms with van der Waals surface area (Å²) >= 11 is 12.0. The smallest absolute Gasteiger partial charge is 0.142 e. The number of para-hydroxylation sites is 1. The Bertz CT molecular complexity index is 521. The molecule has 0 aliphatic rings. The van der Waals surface area contributed by atoms with Gasteiger partial charge in [0.2, 0.25) is 0 Å². The lowest BCUT2D eigenvalue weighted by atomic mass is 10.1. The molecule has 2 aromatic carbocycles. The van der Waals surface area contributed by atoms with Crippen LogP contribution in [0.4, 0.5) is 0 Å². The molecule has 0 bridgehead atoms. The largest absolute Gasteiger partial charge is 0.487 e. The van der Waals surface area contributed by atoms with Gasteiger partial charge in [0.15, 0.2) is 0 Å². The maximum absolute atomic E-state index is 6.12. The molecule has 0 saturated heterocycles. The number of hydrogen-bond donors (Lipinski definition) is 0. The molecular formula is C15H14Cl2O. The average molecular weight is 281 g/mol. The van der Waals surface area contributed by atoms with Crippen molar-refractivity contribution in [2.45, 2.75) is 19.4 Å². The van der Waals surface area contributed by atoms with Gasteiger partial charge in [0.05, 0.1) is 10.9 Å². The summed E-state index contributed by atoms with van der Waals surface area (Å²) in [6.07, 6.45) is 0. The molecular weight excluding hydrogens is 267 g/mol. The van der Waals surface area contributed by atoms with Crippen molar-refractivity contribution in [1.29, 1.82) is 0 Å². The number of ether oxygens (including phenoxy) is 1. The Kier molecular flexibility index (Phi) is 4.51. The first-order chi connectivity index (χ1) is 8.70. The van der Waals surface area contributed by atoms with Gasteiger partial charge < -0.3 is 4.74 Å². The molecule has 0 saturated carbocycles. The quantitative estimate of drug-likeness (QED) is 0.719. The van der Waals surface area contributed by atoms with Gasteiger partial charge in [0, 0.05) is 5.56 Å². The Balaban J connectivity index is 2.12. The predicted octanol–water partition coefficient (Wildman–Crippen LogP) is 4.97. The van der Waals surface area contributed by atoms with Crippen molar-refractivity contribution in [3.8, 4) is 5.75 Å². The minimum Gasteiger partial charge on any atom is -0.487 e. The van der Waals surface area contributed by atoms with E-state index in [4.69, 9.17) is 27.9 Å². The molecule has 1 nitrogen and oxygen atoms in total. The van der Waals surface area contributed by atoms with Crippen LogP contribution in [-0.2, 0) is 12.5 Å². The van der Waals surface area contributed by atoms with E-state index >= 15 is 0 Å². The first-order valence-corrected chi connectivity index (χ1v) is 6.63. The lowest BCUT2D eigenvalue weighted by Gasteiger charge is -2.11. The van der Waals surface area contributed by atoms with Crippen LogP contribution in [0.5, 0.6) is 5.75 Å². The van der Waals surface area contributed by atoms with Gasteiger partial charge in [-0.25, -0.2) is 0 Å². The standard InChI is InChI=1S/C15H14Cl2O/c1-11-5-7-12(8-6-11)10-18-15-13(9-16)3-2-4-14(15)17/h2-8H,9-10H2,1H3. The van der Waals surface area contributed by atoms with Gasteiger partial charge >= 0.3 is 0 Å². The number of alkyl halides is 1. The summed E-state index contributed by atoms with van der Waals surface area (Å²) in [4.78, 5) is 0. The van der Waals surface area contributed by atoms with Crippen molar-refractivity contribution < 1.29 is 4.74 Å². The van der Waals surface area contributed by atoms with Gasteiger partial charge in [-0.15, -0.1) is 11.6 Å². The second kappa shape index (κ2) is 6.12. The SMILES string of the molecule is Cc1ccc(COc2c(Cl)cccc2CCl)cc1. The second-order valence-corrected chi connectivity index (χ2v) is 4.81. The zero-order chi connectivity index (χ0) is 13.0. The Morgan fingerprint density at radius 3 is 2.44 bits per heavy atom. The molecule has 0 N–H and O–H groups in total. The molecule has 0 aliphatic carbocycles. The van der Waals surface area contributed by atoms with E-state index in [1.807, 2.05) is 30.3 Å². The zero-order valence-electron chi connectivity index (χ0n) is 10.1. The Labute approximate surface area is 117 Å². The molecule has 0 aliphatic heterocycles. The van der Waals surface area contributed by atoms with Crippen LogP contribution >= 0.6 is 23.2 Å². The molecule has 0 fully saturated rings. The number of benzene rings is 2. The van der Waals surface area contributed by atoms with Crippen LogP contribution in [0.15, 0.2) is 42.5 Å². The fourth-order valence-electron chi connectivity index (χ4n) is 1.66. The maximum atomic E-state index is 6.12. The van der Waals surface area contributed by atoms with E-state index in [1.54, 1.807) is 0 Å². The minimum absolute atomic E-state index is 0.393. The van der Waals surface area contributed by atoms with E-state index in [0.717, 1.165) is 11.1 Å². The highest BCUT2D eigenvalue weighted by molar-refractivity contribution is 6.32. The Hall–Kier alpha value is -1.18. The topological polar surface area (TPSA) is 9.23 Å². The number of hydrogen-bond acceptors (Lipinski definition) is 1. The zero-order valence-corrected chi connectivity index (χ0v) is 11.6. The fraction of sp³-hybridized carbons (Fsp3) is 0.200. The van der Waals surface area contributed by atoms with Gasteiger partial charge in [-0.1, -0.05) is 53.6 Å². The Morgan fingerprint density at radius 1 is 1.06 bits per heavy atom. The summed E-state index contributed by atoms with van der Waals surface area (Å²) in [6.45, 7) is 2.55. The highest BCUT2D eigenvalue weighted by Gasteiger charge is 2.07. The molecule has 0 amide bonds. The first-order valence-electron chi connectivity index (χ1n) is 5.72. The highest BCUT2D eigenvalue weighted by atomic mass is 35.5. The number of aryl methyl sites for hydroxylation is 1. The lowest BCUT2D eigenvalue weighted by Crippen LogP contribution is -1.98. The van der Waals surface area contributed by atoms with E-state index in [2.05, 4.69) is 19.1 Å². The van der Waals surface area contributed by atoms with Crippen molar-refractivity contribution in [2.75, 3.05) is 0 Å². The molecule has 2 aromatic rings. The van der Waals surface area contributed by atoms with Crippen LogP contribution in [0, 0.1) is 6.92 Å². The fourth-order valence-corrected chi connectivity index (χ4v) is 2.12. The van der Waals surface area contributed by atoms with E-state index in [1.165, 1.54) is 5.56 Å². The third-order valence-electron chi connectivity index (χ3n) is 2.70. The summed E-state index contributed by atoms with van der Waals surface area (Å²) in [5.41, 5.74) is 3.26. The van der Waals surface area contributed by atoms with Gasteiger partial charge in [0.25, 0.3) is 0 Å². The molecule has 94 valence electrons. The second-order valence-electron chi connectivity index (χ2n) is 4.14. The van der Waals surface area contributed by atoms with Crippen molar-refractivity contribution in [1.82, 2.24) is 0 Å². The van der Waals surface area contributed by atoms with E-state index in [0.29, 0.717) is 23.3 Å². The summed E-state index contributed by atoms with van der Waals surface area (Å²) in [6, 6.07) is 13.8. The van der Waals surface area contributed by atoms with Crippen molar-refractivity contribution in [2.24, 2.45) is 0 Å². The van der Waals surface area contributed by atoms with Gasteiger partial charge in [-0.05, 0) is 18.6 Å². The summed E-state index contributed by atoms with van der Waals surface area (Å²) in [5.74, 6) is 1.07. The molecule has 2 rings (SSSR count). The van der Waals surface area contributed by atoms with Crippen LogP contribution in [-0.4, -0.2) is 0 Å². The molecule has 0 spiro atoms. The van der Waals surface area contributed by atoms with E-state index in [9.17, 15) is 0 Å². The monoisotopic (exact) mass is 280 g/mol. The van der Waals surface area contributed by atoms with Gasteiger partial charge in [-0.3, -0.25) is 0 Å². The van der Waals surface area contributed by atoms with Crippen LogP contribution < -0.4 is 4.74 Å². The predicted molar refractivity (Wildman–Crippen MR) is 76.5 cm³/mol. The van der Waals surface area contributed by atoms with E-state index in [-0.39, 0.29) is 0 Å². The first kappa shape index (κ1) is 13.3. The molecule has 0 unspecified atom stereocenters. The van der Waals surface area contributed by atoms with E-state index < -0.39 is 0 Å². The summed E-state index contributed by atoms with van der Waals surface area (Å²) in [5, 5.41) is 0.597. The minimum atomic E-state index is 0.393. The molecule has 18 heavy (non-hydrogen) atoms. The normalized spacial score (nSPS) is 10.4. The maximum Gasteiger partial charge on any atom is 0.142 e. The van der Waals surface area contributed by atoms with Crippen LogP contribution in [0.25, 0.3) is 0 Å².